The standard InChI is InChI=1S/C13H21N5O3/c1-9(2)17-6-4-10(5-7-17)14-13(19)12-11(18(20)21)8-16(3)15-12/h8-10H,4-7H2,1-3H3,(H,14,19). The summed E-state index contributed by atoms with van der Waals surface area (Å²) in [6.07, 6.45) is 2.95. The van der Waals surface area contributed by atoms with Crippen molar-refractivity contribution in [1.82, 2.24) is 20.0 Å². The van der Waals surface area contributed by atoms with E-state index in [1.165, 1.54) is 10.9 Å². The number of hydrogen-bond donors (Lipinski definition) is 1. The smallest absolute Gasteiger partial charge is 0.320 e. The number of nitro groups is 1. The van der Waals surface area contributed by atoms with E-state index in [0.717, 1.165) is 25.9 Å². The first kappa shape index (κ1) is 15.4. The lowest BCUT2D eigenvalue weighted by molar-refractivity contribution is -0.385. The summed E-state index contributed by atoms with van der Waals surface area (Å²) in [4.78, 5) is 24.9. The molecule has 0 saturated carbocycles. The first-order chi connectivity index (χ1) is 9.88. The molecule has 0 bridgehead atoms. The summed E-state index contributed by atoms with van der Waals surface area (Å²) in [5.74, 6) is -0.467. The Balaban J connectivity index is 1.98. The van der Waals surface area contributed by atoms with Crippen LogP contribution in [-0.2, 0) is 7.05 Å². The molecule has 1 aromatic rings. The lowest BCUT2D eigenvalue weighted by Gasteiger charge is -2.34. The zero-order valence-electron chi connectivity index (χ0n) is 12.6. The van der Waals surface area contributed by atoms with Gasteiger partial charge >= 0.3 is 5.69 Å². The van der Waals surface area contributed by atoms with Crippen molar-refractivity contribution in [2.45, 2.75) is 38.8 Å². The number of aromatic nitrogens is 2. The Kier molecular flexibility index (Phi) is 4.56. The van der Waals surface area contributed by atoms with Gasteiger partial charge in [-0.05, 0) is 26.7 Å². The monoisotopic (exact) mass is 295 g/mol. The highest BCUT2D eigenvalue weighted by molar-refractivity contribution is 5.96. The summed E-state index contributed by atoms with van der Waals surface area (Å²) < 4.78 is 1.29. The normalized spacial score (nSPS) is 17.1. The van der Waals surface area contributed by atoms with Gasteiger partial charge in [-0.1, -0.05) is 0 Å². The molecule has 2 rings (SSSR count). The third kappa shape index (κ3) is 3.57. The number of rotatable bonds is 4. The maximum atomic E-state index is 12.2. The topological polar surface area (TPSA) is 93.3 Å². The van der Waals surface area contributed by atoms with Gasteiger partial charge < -0.3 is 10.2 Å². The van der Waals surface area contributed by atoms with Gasteiger partial charge in [-0.2, -0.15) is 5.10 Å². The molecule has 116 valence electrons. The van der Waals surface area contributed by atoms with Crippen molar-refractivity contribution in [2.24, 2.45) is 7.05 Å². The minimum atomic E-state index is -0.580. The van der Waals surface area contributed by atoms with E-state index in [0.29, 0.717) is 6.04 Å². The number of carbonyl (C=O) groups is 1. The Morgan fingerprint density at radius 2 is 2.10 bits per heavy atom. The molecule has 2 heterocycles. The second-order valence-corrected chi connectivity index (χ2v) is 5.67. The molecule has 0 aromatic carbocycles. The van der Waals surface area contributed by atoms with Crippen molar-refractivity contribution in [2.75, 3.05) is 13.1 Å². The Hall–Kier alpha value is -1.96. The number of likely N-dealkylation sites (tertiary alicyclic amines) is 1. The van der Waals surface area contributed by atoms with E-state index in [1.54, 1.807) is 7.05 Å². The first-order valence-corrected chi connectivity index (χ1v) is 7.11. The largest absolute Gasteiger partial charge is 0.348 e. The lowest BCUT2D eigenvalue weighted by Crippen LogP contribution is -2.46. The van der Waals surface area contributed by atoms with Crippen molar-refractivity contribution < 1.29 is 9.72 Å². The van der Waals surface area contributed by atoms with Crippen molar-refractivity contribution in [3.63, 3.8) is 0 Å². The molecule has 8 heteroatoms. The molecule has 0 atom stereocenters. The summed E-state index contributed by atoms with van der Waals surface area (Å²) in [7, 11) is 1.56. The van der Waals surface area contributed by atoms with Crippen LogP contribution in [0.1, 0.15) is 37.2 Å². The van der Waals surface area contributed by atoms with Crippen molar-refractivity contribution >= 4 is 11.6 Å². The zero-order valence-corrected chi connectivity index (χ0v) is 12.6. The van der Waals surface area contributed by atoms with Crippen molar-refractivity contribution in [3.8, 4) is 0 Å². The fourth-order valence-corrected chi connectivity index (χ4v) is 2.59. The Morgan fingerprint density at radius 3 is 2.62 bits per heavy atom. The van der Waals surface area contributed by atoms with Crippen LogP contribution in [-0.4, -0.2) is 50.7 Å². The van der Waals surface area contributed by atoms with E-state index < -0.39 is 10.8 Å². The molecule has 1 N–H and O–H groups in total. The summed E-state index contributed by atoms with van der Waals surface area (Å²) in [5.41, 5.74) is -0.372. The number of piperidine rings is 1. The number of carbonyl (C=O) groups excluding carboxylic acids is 1. The third-order valence-corrected chi connectivity index (χ3v) is 3.82. The van der Waals surface area contributed by atoms with Crippen LogP contribution in [0, 0.1) is 10.1 Å². The van der Waals surface area contributed by atoms with Crippen LogP contribution in [0.2, 0.25) is 0 Å². The van der Waals surface area contributed by atoms with Gasteiger partial charge in [0.25, 0.3) is 5.91 Å². The zero-order chi connectivity index (χ0) is 15.6. The average Bonchev–Trinajstić information content (AvgIpc) is 2.82. The van der Waals surface area contributed by atoms with Crippen LogP contribution < -0.4 is 5.32 Å². The average molecular weight is 295 g/mol. The molecule has 0 aliphatic carbocycles. The van der Waals surface area contributed by atoms with E-state index in [-0.39, 0.29) is 17.4 Å². The lowest BCUT2D eigenvalue weighted by atomic mass is 10.0. The highest BCUT2D eigenvalue weighted by atomic mass is 16.6. The maximum Gasteiger partial charge on any atom is 0.320 e. The summed E-state index contributed by atoms with van der Waals surface area (Å²) >= 11 is 0. The Morgan fingerprint density at radius 1 is 1.48 bits per heavy atom. The van der Waals surface area contributed by atoms with E-state index in [4.69, 9.17) is 0 Å². The summed E-state index contributed by atoms with van der Waals surface area (Å²) in [6, 6.07) is 0.549. The van der Waals surface area contributed by atoms with Gasteiger partial charge in [0.2, 0.25) is 5.69 Å². The summed E-state index contributed by atoms with van der Waals surface area (Å²) in [5, 5.41) is 17.7. The molecule has 0 unspecified atom stereocenters. The molecule has 21 heavy (non-hydrogen) atoms. The second-order valence-electron chi connectivity index (χ2n) is 5.67. The minimum Gasteiger partial charge on any atom is -0.348 e. The van der Waals surface area contributed by atoms with E-state index in [9.17, 15) is 14.9 Å². The molecule has 1 fully saturated rings. The quantitative estimate of drug-likeness (QED) is 0.659. The second kappa shape index (κ2) is 6.21. The minimum absolute atomic E-state index is 0.0501. The predicted molar refractivity (Wildman–Crippen MR) is 77.1 cm³/mol. The Labute approximate surface area is 123 Å². The van der Waals surface area contributed by atoms with Gasteiger partial charge in [-0.3, -0.25) is 19.6 Å². The number of aryl methyl sites for hydroxylation is 1. The fraction of sp³-hybridized carbons (Fsp3) is 0.692. The summed E-state index contributed by atoms with van der Waals surface area (Å²) in [6.45, 7) is 6.15. The third-order valence-electron chi connectivity index (χ3n) is 3.82. The Bertz CT molecular complexity index is 532. The SMILES string of the molecule is CC(C)N1CCC(NC(=O)c2nn(C)cc2[N+](=O)[O-])CC1. The molecule has 1 aliphatic heterocycles. The maximum absolute atomic E-state index is 12.2. The van der Waals surface area contributed by atoms with Gasteiger partial charge in [-0.25, -0.2) is 0 Å². The fourth-order valence-electron chi connectivity index (χ4n) is 2.59. The highest BCUT2D eigenvalue weighted by Crippen LogP contribution is 2.18. The number of nitrogens with one attached hydrogen (secondary N) is 1. The highest BCUT2D eigenvalue weighted by Gasteiger charge is 2.28. The molecule has 1 aromatic heterocycles. The molecule has 0 radical (unpaired) electrons. The van der Waals surface area contributed by atoms with Gasteiger partial charge in [0.15, 0.2) is 0 Å². The first-order valence-electron chi connectivity index (χ1n) is 7.11. The van der Waals surface area contributed by atoms with E-state index >= 15 is 0 Å². The van der Waals surface area contributed by atoms with E-state index in [1.807, 2.05) is 0 Å². The molecular weight excluding hydrogens is 274 g/mol. The van der Waals surface area contributed by atoms with Crippen molar-refractivity contribution in [1.29, 1.82) is 0 Å². The molecular formula is C13H21N5O3. The molecule has 0 spiro atoms. The van der Waals surface area contributed by atoms with Crippen molar-refractivity contribution in [3.05, 3.63) is 22.0 Å². The number of nitrogens with zero attached hydrogens (tertiary/aromatic N) is 4. The van der Waals surface area contributed by atoms with Crippen LogP contribution >= 0.6 is 0 Å². The molecule has 1 aliphatic rings. The molecule has 1 amide bonds. The van der Waals surface area contributed by atoms with Crippen LogP contribution in [0.5, 0.6) is 0 Å². The van der Waals surface area contributed by atoms with Crippen LogP contribution in [0.25, 0.3) is 0 Å². The van der Waals surface area contributed by atoms with Crippen LogP contribution in [0.3, 0.4) is 0 Å². The molecule has 1 saturated heterocycles. The van der Waals surface area contributed by atoms with Gasteiger partial charge in [0.05, 0.1) is 4.92 Å². The number of hydrogen-bond acceptors (Lipinski definition) is 5. The van der Waals surface area contributed by atoms with Crippen LogP contribution in [0.4, 0.5) is 5.69 Å². The van der Waals surface area contributed by atoms with Gasteiger partial charge in [0.1, 0.15) is 6.20 Å². The van der Waals surface area contributed by atoms with Gasteiger partial charge in [-0.15, -0.1) is 0 Å². The number of amides is 1. The van der Waals surface area contributed by atoms with Crippen LogP contribution in [0.15, 0.2) is 6.20 Å². The van der Waals surface area contributed by atoms with Gasteiger partial charge in [0, 0.05) is 32.2 Å². The van der Waals surface area contributed by atoms with E-state index in [2.05, 4.69) is 29.2 Å². The predicted octanol–water partition coefficient (Wildman–Crippen LogP) is 0.931. The molecule has 8 nitrogen and oxygen atoms in total.